The zero-order valence-electron chi connectivity index (χ0n) is 15.8. The second-order valence-corrected chi connectivity index (χ2v) is 8.06. The number of aliphatic imine (C=N–C) groups is 1. The molecule has 0 aromatic heterocycles. The normalized spacial score (nSPS) is 18.9. The zero-order chi connectivity index (χ0) is 19.2. The van der Waals surface area contributed by atoms with Gasteiger partial charge >= 0.3 is 0 Å². The summed E-state index contributed by atoms with van der Waals surface area (Å²) in [5.74, 6) is 0.687. The third-order valence-electron chi connectivity index (χ3n) is 4.91. The molecule has 0 saturated carbocycles. The summed E-state index contributed by atoms with van der Waals surface area (Å²) < 4.78 is 5.82. The maximum absolute atomic E-state index is 12.3. The van der Waals surface area contributed by atoms with Gasteiger partial charge in [-0.3, -0.25) is 4.79 Å². The molecule has 2 heterocycles. The number of ether oxygens (including phenoxy) is 1. The number of amidine groups is 1. The van der Waals surface area contributed by atoms with Gasteiger partial charge < -0.3 is 9.64 Å². The number of hydrogen-bond donors (Lipinski definition) is 0. The average Bonchev–Trinajstić information content (AvgIpc) is 2.93. The summed E-state index contributed by atoms with van der Waals surface area (Å²) in [6.45, 7) is 2.54. The van der Waals surface area contributed by atoms with Crippen molar-refractivity contribution in [2.45, 2.75) is 32.3 Å². The van der Waals surface area contributed by atoms with Crippen molar-refractivity contribution in [2.75, 3.05) is 13.1 Å². The molecule has 0 spiro atoms. The zero-order valence-corrected chi connectivity index (χ0v) is 16.7. The quantitative estimate of drug-likeness (QED) is 0.678. The first-order chi connectivity index (χ1) is 13.8. The van der Waals surface area contributed by atoms with Crippen LogP contribution in [-0.2, 0) is 11.4 Å². The maximum Gasteiger partial charge on any atom is 0.286 e. The molecule has 4 rings (SSSR count). The van der Waals surface area contributed by atoms with Crippen molar-refractivity contribution in [1.29, 1.82) is 0 Å². The molecule has 2 aromatic carbocycles. The van der Waals surface area contributed by atoms with E-state index < -0.39 is 0 Å². The van der Waals surface area contributed by atoms with E-state index in [4.69, 9.17) is 4.74 Å². The molecule has 0 N–H and O–H groups in total. The van der Waals surface area contributed by atoms with Gasteiger partial charge in [0.05, 0.1) is 4.91 Å². The number of carbonyl (C=O) groups is 1. The van der Waals surface area contributed by atoms with Crippen molar-refractivity contribution in [3.05, 3.63) is 70.6 Å². The van der Waals surface area contributed by atoms with Crippen LogP contribution in [0.5, 0.6) is 5.75 Å². The number of carbonyl (C=O) groups excluding carboxylic acids is 1. The number of likely N-dealkylation sites (tertiary alicyclic amines) is 1. The molecule has 2 aromatic rings. The molecule has 1 amide bonds. The van der Waals surface area contributed by atoms with Crippen molar-refractivity contribution < 1.29 is 9.53 Å². The van der Waals surface area contributed by atoms with Crippen LogP contribution in [0.4, 0.5) is 0 Å². The lowest BCUT2D eigenvalue weighted by Gasteiger charge is -2.20. The van der Waals surface area contributed by atoms with Crippen LogP contribution in [0.3, 0.4) is 0 Å². The first-order valence-electron chi connectivity index (χ1n) is 9.82. The predicted molar refractivity (Wildman–Crippen MR) is 115 cm³/mol. The molecule has 0 bridgehead atoms. The summed E-state index contributed by atoms with van der Waals surface area (Å²) in [6.07, 6.45) is 6.81. The van der Waals surface area contributed by atoms with E-state index in [1.807, 2.05) is 60.7 Å². The Morgan fingerprint density at radius 1 is 0.964 bits per heavy atom. The molecule has 0 radical (unpaired) electrons. The van der Waals surface area contributed by atoms with Crippen molar-refractivity contribution in [1.82, 2.24) is 4.90 Å². The van der Waals surface area contributed by atoms with Gasteiger partial charge in [0, 0.05) is 13.1 Å². The van der Waals surface area contributed by atoms with Gasteiger partial charge in [-0.05, 0) is 53.9 Å². The highest BCUT2D eigenvalue weighted by Gasteiger charge is 2.26. The van der Waals surface area contributed by atoms with Crippen LogP contribution in [0.1, 0.15) is 36.8 Å². The maximum atomic E-state index is 12.3. The molecular weight excluding hydrogens is 368 g/mol. The van der Waals surface area contributed by atoms with E-state index in [2.05, 4.69) is 9.89 Å². The molecule has 2 aliphatic heterocycles. The highest BCUT2D eigenvalue weighted by molar-refractivity contribution is 8.18. The van der Waals surface area contributed by atoms with E-state index in [-0.39, 0.29) is 5.91 Å². The number of rotatable bonds is 4. The van der Waals surface area contributed by atoms with Crippen LogP contribution in [0.25, 0.3) is 6.08 Å². The Hall–Kier alpha value is -2.53. The van der Waals surface area contributed by atoms with Gasteiger partial charge in [-0.1, -0.05) is 55.3 Å². The molecule has 1 saturated heterocycles. The van der Waals surface area contributed by atoms with Gasteiger partial charge in [-0.2, -0.15) is 4.99 Å². The molecule has 5 heteroatoms. The Balaban J connectivity index is 1.37. The Morgan fingerprint density at radius 2 is 1.68 bits per heavy atom. The highest BCUT2D eigenvalue weighted by Crippen LogP contribution is 2.31. The fourth-order valence-corrected chi connectivity index (χ4v) is 4.31. The Kier molecular flexibility index (Phi) is 6.12. The summed E-state index contributed by atoms with van der Waals surface area (Å²) in [7, 11) is 0. The summed E-state index contributed by atoms with van der Waals surface area (Å²) in [6, 6.07) is 17.9. The molecule has 28 heavy (non-hydrogen) atoms. The highest BCUT2D eigenvalue weighted by atomic mass is 32.2. The summed E-state index contributed by atoms with van der Waals surface area (Å²) in [5.41, 5.74) is 2.12. The van der Waals surface area contributed by atoms with Gasteiger partial charge in [0.2, 0.25) is 0 Å². The van der Waals surface area contributed by atoms with Gasteiger partial charge in [0.15, 0.2) is 5.17 Å². The topological polar surface area (TPSA) is 41.9 Å². The lowest BCUT2D eigenvalue weighted by atomic mass is 10.2. The van der Waals surface area contributed by atoms with Gasteiger partial charge in [-0.25, -0.2) is 0 Å². The molecule has 0 aliphatic carbocycles. The molecular formula is C23H24N2O2S. The Morgan fingerprint density at radius 3 is 2.39 bits per heavy atom. The van der Waals surface area contributed by atoms with E-state index in [1.54, 1.807) is 0 Å². The van der Waals surface area contributed by atoms with Crippen molar-refractivity contribution in [2.24, 2.45) is 4.99 Å². The van der Waals surface area contributed by atoms with E-state index in [9.17, 15) is 4.79 Å². The molecule has 2 aliphatic rings. The number of benzene rings is 2. The lowest BCUT2D eigenvalue weighted by Crippen LogP contribution is -2.28. The minimum absolute atomic E-state index is 0.131. The smallest absolute Gasteiger partial charge is 0.286 e. The number of nitrogens with zero attached hydrogens (tertiary/aromatic N) is 2. The summed E-state index contributed by atoms with van der Waals surface area (Å²) in [5, 5.41) is 0.862. The second kappa shape index (κ2) is 9.11. The first-order valence-corrected chi connectivity index (χ1v) is 10.6. The predicted octanol–water partition coefficient (Wildman–Crippen LogP) is 5.11. The average molecular weight is 393 g/mol. The van der Waals surface area contributed by atoms with E-state index in [0.717, 1.165) is 35.1 Å². The number of thioether (sulfide) groups is 1. The van der Waals surface area contributed by atoms with Gasteiger partial charge in [0.25, 0.3) is 5.91 Å². The van der Waals surface area contributed by atoms with Crippen molar-refractivity contribution in [3.8, 4) is 5.75 Å². The molecule has 4 nitrogen and oxygen atoms in total. The van der Waals surface area contributed by atoms with Crippen LogP contribution in [0.2, 0.25) is 0 Å². The van der Waals surface area contributed by atoms with Crippen LogP contribution in [-0.4, -0.2) is 29.1 Å². The largest absolute Gasteiger partial charge is 0.489 e. The van der Waals surface area contributed by atoms with Gasteiger partial charge in [-0.15, -0.1) is 0 Å². The monoisotopic (exact) mass is 392 g/mol. The lowest BCUT2D eigenvalue weighted by molar-refractivity contribution is -0.113. The van der Waals surface area contributed by atoms with Crippen LogP contribution in [0.15, 0.2) is 64.5 Å². The third kappa shape index (κ3) is 4.84. The Bertz CT molecular complexity index is 867. The standard InChI is InChI=1S/C23H24N2O2S/c26-22-21(28-23(24-22)25-14-6-1-2-7-15-25)16-18-10-12-20(13-11-18)27-17-19-8-4-3-5-9-19/h3-5,8-13,16H,1-2,6-7,14-15,17H2/b21-16-. The molecule has 0 atom stereocenters. The number of amides is 1. The molecule has 1 fully saturated rings. The SMILES string of the molecule is O=C1N=C(N2CCCCCC2)S/C1=C\c1ccc(OCc2ccccc2)cc1. The first kappa shape index (κ1) is 18.8. The van der Waals surface area contributed by atoms with Crippen LogP contribution < -0.4 is 4.74 Å². The van der Waals surface area contributed by atoms with Crippen molar-refractivity contribution >= 4 is 28.9 Å². The van der Waals surface area contributed by atoms with E-state index >= 15 is 0 Å². The third-order valence-corrected chi connectivity index (χ3v) is 5.96. The molecule has 144 valence electrons. The summed E-state index contributed by atoms with van der Waals surface area (Å²) in [4.78, 5) is 19.6. The number of hydrogen-bond acceptors (Lipinski definition) is 4. The van der Waals surface area contributed by atoms with E-state index in [0.29, 0.717) is 11.5 Å². The molecule has 0 unspecified atom stereocenters. The second-order valence-electron chi connectivity index (χ2n) is 7.05. The minimum atomic E-state index is -0.131. The van der Waals surface area contributed by atoms with Crippen molar-refractivity contribution in [3.63, 3.8) is 0 Å². The fraction of sp³-hybridized carbons (Fsp3) is 0.304. The Labute approximate surface area is 170 Å². The van der Waals surface area contributed by atoms with Crippen LogP contribution in [0, 0.1) is 0 Å². The minimum Gasteiger partial charge on any atom is -0.489 e. The summed E-state index contributed by atoms with van der Waals surface area (Å²) >= 11 is 1.50. The van der Waals surface area contributed by atoms with E-state index in [1.165, 1.54) is 37.4 Å². The van der Waals surface area contributed by atoms with Crippen LogP contribution >= 0.6 is 11.8 Å². The fourth-order valence-electron chi connectivity index (χ4n) is 3.35. The van der Waals surface area contributed by atoms with Gasteiger partial charge in [0.1, 0.15) is 12.4 Å².